The number of amidine groups is 1. The Labute approximate surface area is 121 Å². The molecule has 4 heteroatoms. The highest BCUT2D eigenvalue weighted by atomic mass is 32.1. The minimum atomic E-state index is 0.559. The predicted octanol–water partition coefficient (Wildman–Crippen LogP) is 3.90. The molecular formula is C16H15N3S. The van der Waals surface area contributed by atoms with Gasteiger partial charge in [0.15, 0.2) is 0 Å². The third kappa shape index (κ3) is 2.86. The lowest BCUT2D eigenvalue weighted by Crippen LogP contribution is -2.03. The second kappa shape index (κ2) is 5.43. The van der Waals surface area contributed by atoms with Crippen LogP contribution in [0.4, 0.5) is 5.69 Å². The van der Waals surface area contributed by atoms with E-state index in [1.54, 1.807) is 18.3 Å². The second-order valence-corrected chi connectivity index (χ2v) is 5.79. The zero-order chi connectivity index (χ0) is 13.9. The number of aromatic nitrogens is 1. The molecule has 0 fully saturated rings. The number of rotatable bonds is 3. The van der Waals surface area contributed by atoms with E-state index in [4.69, 9.17) is 5.73 Å². The molecule has 2 aromatic carbocycles. The third-order valence-corrected chi connectivity index (χ3v) is 3.96. The van der Waals surface area contributed by atoms with Crippen molar-refractivity contribution in [1.29, 1.82) is 0 Å². The molecular weight excluding hydrogens is 266 g/mol. The second-order valence-electron chi connectivity index (χ2n) is 4.68. The van der Waals surface area contributed by atoms with Gasteiger partial charge in [-0.05, 0) is 30.7 Å². The van der Waals surface area contributed by atoms with Crippen molar-refractivity contribution in [2.24, 2.45) is 10.7 Å². The summed E-state index contributed by atoms with van der Waals surface area (Å²) in [6, 6.07) is 16.4. The van der Waals surface area contributed by atoms with E-state index in [2.05, 4.69) is 40.3 Å². The molecule has 20 heavy (non-hydrogen) atoms. The van der Waals surface area contributed by atoms with Crippen LogP contribution in [0, 0.1) is 0 Å². The lowest BCUT2D eigenvalue weighted by Gasteiger charge is -1.95. The molecule has 0 bridgehead atoms. The smallest absolute Gasteiger partial charge is 0.0982 e. The first-order chi connectivity index (χ1) is 9.70. The number of benzene rings is 2. The van der Waals surface area contributed by atoms with Gasteiger partial charge >= 0.3 is 0 Å². The van der Waals surface area contributed by atoms with E-state index in [1.807, 2.05) is 18.2 Å². The zero-order valence-corrected chi connectivity index (χ0v) is 12.0. The van der Waals surface area contributed by atoms with E-state index in [9.17, 15) is 0 Å². The number of thiazole rings is 1. The van der Waals surface area contributed by atoms with Crippen LogP contribution in [0.3, 0.4) is 0 Å². The maximum atomic E-state index is 5.61. The summed E-state index contributed by atoms with van der Waals surface area (Å²) in [5.74, 6) is 0.559. The molecule has 0 aliphatic rings. The highest BCUT2D eigenvalue weighted by Gasteiger charge is 2.05. The summed E-state index contributed by atoms with van der Waals surface area (Å²) in [4.78, 5) is 8.95. The van der Waals surface area contributed by atoms with Crippen LogP contribution in [-0.2, 0) is 6.42 Å². The normalized spacial score (nSPS) is 11.9. The van der Waals surface area contributed by atoms with E-state index in [-0.39, 0.29) is 0 Å². The van der Waals surface area contributed by atoms with Gasteiger partial charge in [-0.2, -0.15) is 0 Å². The Morgan fingerprint density at radius 3 is 2.75 bits per heavy atom. The molecule has 0 amide bonds. The van der Waals surface area contributed by atoms with Crippen LogP contribution >= 0.6 is 11.3 Å². The van der Waals surface area contributed by atoms with Crippen LogP contribution in [0.2, 0.25) is 0 Å². The van der Waals surface area contributed by atoms with Crippen molar-refractivity contribution in [3.63, 3.8) is 0 Å². The average molecular weight is 281 g/mol. The fourth-order valence-corrected chi connectivity index (χ4v) is 3.06. The molecule has 3 nitrogen and oxygen atoms in total. The highest BCUT2D eigenvalue weighted by Crippen LogP contribution is 2.27. The maximum Gasteiger partial charge on any atom is 0.0982 e. The molecule has 2 N–H and O–H groups in total. The van der Waals surface area contributed by atoms with Gasteiger partial charge in [0.05, 0.1) is 26.7 Å². The summed E-state index contributed by atoms with van der Waals surface area (Å²) in [5, 5.41) is 1.12. The highest BCUT2D eigenvalue weighted by molar-refractivity contribution is 7.18. The first kappa shape index (κ1) is 12.8. The lowest BCUT2D eigenvalue weighted by atomic mass is 10.2. The standard InChI is InChI=1S/C16H15N3S/c1-11(17)18-13-7-8-15-14(10-13)19-16(20-15)9-12-5-3-2-4-6-12/h2-8,10H,9H2,1H3,(H2,17,18). The van der Waals surface area contributed by atoms with Crippen molar-refractivity contribution in [1.82, 2.24) is 4.98 Å². The van der Waals surface area contributed by atoms with Gasteiger partial charge in [0.25, 0.3) is 0 Å². The fourth-order valence-electron chi connectivity index (χ4n) is 2.08. The molecule has 100 valence electrons. The Morgan fingerprint density at radius 1 is 1.20 bits per heavy atom. The Kier molecular flexibility index (Phi) is 3.48. The fraction of sp³-hybridized carbons (Fsp3) is 0.125. The van der Waals surface area contributed by atoms with Crippen molar-refractivity contribution in [2.75, 3.05) is 0 Å². The molecule has 1 heterocycles. The van der Waals surface area contributed by atoms with E-state index in [0.717, 1.165) is 22.6 Å². The van der Waals surface area contributed by atoms with Crippen LogP contribution < -0.4 is 5.73 Å². The summed E-state index contributed by atoms with van der Waals surface area (Å²) in [6.07, 6.45) is 0.870. The van der Waals surface area contributed by atoms with Crippen LogP contribution in [0.1, 0.15) is 17.5 Å². The molecule has 3 rings (SSSR count). The minimum absolute atomic E-state index is 0.559. The molecule has 3 aromatic rings. The topological polar surface area (TPSA) is 51.3 Å². The van der Waals surface area contributed by atoms with Crippen LogP contribution in [0.5, 0.6) is 0 Å². The van der Waals surface area contributed by atoms with Crippen molar-refractivity contribution in [3.05, 3.63) is 59.1 Å². The summed E-state index contributed by atoms with van der Waals surface area (Å²) < 4.78 is 1.18. The van der Waals surface area contributed by atoms with Gasteiger partial charge in [-0.25, -0.2) is 9.98 Å². The zero-order valence-electron chi connectivity index (χ0n) is 11.2. The molecule has 0 saturated carbocycles. The molecule has 0 spiro atoms. The summed E-state index contributed by atoms with van der Waals surface area (Å²) in [5.41, 5.74) is 8.73. The van der Waals surface area contributed by atoms with Gasteiger partial charge in [0.2, 0.25) is 0 Å². The van der Waals surface area contributed by atoms with E-state index >= 15 is 0 Å². The Balaban J connectivity index is 1.92. The average Bonchev–Trinajstić information content (AvgIpc) is 2.80. The van der Waals surface area contributed by atoms with Gasteiger partial charge in [-0.15, -0.1) is 11.3 Å². The van der Waals surface area contributed by atoms with E-state index < -0.39 is 0 Å². The van der Waals surface area contributed by atoms with Crippen molar-refractivity contribution < 1.29 is 0 Å². The van der Waals surface area contributed by atoms with Gasteiger partial charge in [0.1, 0.15) is 0 Å². The van der Waals surface area contributed by atoms with Gasteiger partial charge in [0, 0.05) is 6.42 Å². The summed E-state index contributed by atoms with van der Waals surface area (Å²) in [7, 11) is 0. The first-order valence-electron chi connectivity index (χ1n) is 6.45. The molecule has 1 aromatic heterocycles. The molecule has 0 atom stereocenters. The number of fused-ring (bicyclic) bond motifs is 1. The molecule has 0 saturated heterocycles. The largest absolute Gasteiger partial charge is 0.387 e. The van der Waals surface area contributed by atoms with Gasteiger partial charge in [-0.3, -0.25) is 0 Å². The Hall–Kier alpha value is -2.20. The maximum absolute atomic E-state index is 5.61. The van der Waals surface area contributed by atoms with Crippen LogP contribution in [-0.4, -0.2) is 10.8 Å². The molecule has 0 radical (unpaired) electrons. The van der Waals surface area contributed by atoms with Gasteiger partial charge < -0.3 is 5.73 Å². The number of nitrogens with zero attached hydrogens (tertiary/aromatic N) is 2. The summed E-state index contributed by atoms with van der Waals surface area (Å²) >= 11 is 1.73. The predicted molar refractivity (Wildman–Crippen MR) is 85.8 cm³/mol. The number of hydrogen-bond acceptors (Lipinski definition) is 3. The van der Waals surface area contributed by atoms with Gasteiger partial charge in [-0.1, -0.05) is 30.3 Å². The Morgan fingerprint density at radius 2 is 2.00 bits per heavy atom. The van der Waals surface area contributed by atoms with Crippen molar-refractivity contribution in [3.8, 4) is 0 Å². The van der Waals surface area contributed by atoms with Crippen molar-refractivity contribution in [2.45, 2.75) is 13.3 Å². The quantitative estimate of drug-likeness (QED) is 0.585. The monoisotopic (exact) mass is 281 g/mol. The van der Waals surface area contributed by atoms with Crippen molar-refractivity contribution >= 4 is 33.1 Å². The van der Waals surface area contributed by atoms with E-state index in [1.165, 1.54) is 10.3 Å². The number of aliphatic imine (C=N–C) groups is 1. The minimum Gasteiger partial charge on any atom is -0.387 e. The Bertz CT molecular complexity index is 756. The first-order valence-corrected chi connectivity index (χ1v) is 7.26. The van der Waals surface area contributed by atoms with Crippen LogP contribution in [0.15, 0.2) is 53.5 Å². The molecule has 0 unspecified atom stereocenters. The molecule has 0 aliphatic carbocycles. The number of nitrogens with two attached hydrogens (primary N) is 1. The summed E-state index contributed by atoms with van der Waals surface area (Å²) in [6.45, 7) is 1.78. The number of hydrogen-bond donors (Lipinski definition) is 1. The SMILES string of the molecule is CC(N)=Nc1ccc2sc(Cc3ccccc3)nc2c1. The van der Waals surface area contributed by atoms with Crippen LogP contribution in [0.25, 0.3) is 10.2 Å². The molecule has 0 aliphatic heterocycles. The van der Waals surface area contributed by atoms with E-state index in [0.29, 0.717) is 5.84 Å². The lowest BCUT2D eigenvalue weighted by molar-refractivity contribution is 1.16. The third-order valence-electron chi connectivity index (χ3n) is 2.92.